The van der Waals surface area contributed by atoms with Crippen LogP contribution >= 0.6 is 24.0 Å². The van der Waals surface area contributed by atoms with Gasteiger partial charge in [-0.05, 0) is 38.3 Å². The maximum atomic E-state index is 13.8. The molecule has 2 aromatic rings. The molecular weight excluding hydrogens is 508 g/mol. The summed E-state index contributed by atoms with van der Waals surface area (Å²) < 4.78 is 7.44. The van der Waals surface area contributed by atoms with E-state index >= 15 is 0 Å². The maximum Gasteiger partial charge on any atom is 0.409 e. The number of fused-ring (bicyclic) bond motifs is 1. The van der Waals surface area contributed by atoms with Crippen molar-refractivity contribution in [3.63, 3.8) is 0 Å². The molecule has 2 aliphatic rings. The van der Waals surface area contributed by atoms with E-state index in [4.69, 9.17) is 17.0 Å². The second kappa shape index (κ2) is 11.7. The minimum Gasteiger partial charge on any atom is -0.450 e. The number of thiocarbonyl (C=S) groups is 1. The Morgan fingerprint density at radius 3 is 2.49 bits per heavy atom. The molecule has 2 amide bonds. The van der Waals surface area contributed by atoms with Crippen molar-refractivity contribution in [3.8, 4) is 0 Å². The minimum absolute atomic E-state index is 0.142. The fourth-order valence-corrected chi connectivity index (χ4v) is 6.02. The van der Waals surface area contributed by atoms with Gasteiger partial charge >= 0.3 is 6.09 Å². The number of aryl methyl sites for hydroxylation is 1. The van der Waals surface area contributed by atoms with E-state index < -0.39 is 0 Å². The molecule has 3 heterocycles. The second-order valence-corrected chi connectivity index (χ2v) is 11.2. The lowest BCUT2D eigenvalue weighted by atomic mass is 10.0. The number of piperazine rings is 1. The van der Waals surface area contributed by atoms with Crippen LogP contribution in [0.2, 0.25) is 0 Å². The third kappa shape index (κ3) is 5.55. The highest BCUT2D eigenvalue weighted by Crippen LogP contribution is 2.36. The molecule has 0 saturated carbocycles. The summed E-state index contributed by atoms with van der Waals surface area (Å²) in [6, 6.07) is 7.85. The lowest BCUT2D eigenvalue weighted by Crippen LogP contribution is -2.49. The summed E-state index contributed by atoms with van der Waals surface area (Å²) in [7, 11) is 0. The summed E-state index contributed by atoms with van der Waals surface area (Å²) in [4.78, 5) is 45.3. The van der Waals surface area contributed by atoms with Crippen molar-refractivity contribution >= 4 is 63.0 Å². The van der Waals surface area contributed by atoms with Gasteiger partial charge in [-0.1, -0.05) is 56.0 Å². The van der Waals surface area contributed by atoms with Gasteiger partial charge < -0.3 is 19.1 Å². The summed E-state index contributed by atoms with van der Waals surface area (Å²) in [6.45, 7) is 11.4. The summed E-state index contributed by atoms with van der Waals surface area (Å²) in [5.41, 5.74) is 1.98. The lowest BCUT2D eigenvalue weighted by Gasteiger charge is -2.37. The Labute approximate surface area is 227 Å². The monoisotopic (exact) mass is 542 g/mol. The first kappa shape index (κ1) is 27.2. The fraction of sp³-hybridized carbons (Fsp3) is 0.481. The van der Waals surface area contributed by atoms with Crippen molar-refractivity contribution in [2.45, 2.75) is 40.7 Å². The van der Waals surface area contributed by atoms with Crippen LogP contribution in [0.15, 0.2) is 34.0 Å². The number of amides is 2. The minimum atomic E-state index is -0.321. The Kier molecular flexibility index (Phi) is 8.59. The summed E-state index contributed by atoms with van der Waals surface area (Å²) in [6.07, 6.45) is 2.26. The van der Waals surface area contributed by atoms with Crippen molar-refractivity contribution in [1.29, 1.82) is 0 Å². The first-order valence-electron chi connectivity index (χ1n) is 12.8. The lowest BCUT2D eigenvalue weighted by molar-refractivity contribution is -0.122. The van der Waals surface area contributed by atoms with Crippen LogP contribution < -0.4 is 10.5 Å². The standard InChI is InChI=1S/C27H34N4O4S2/c1-5-30-21-10-8-7-9-19(21)23(28-13-15-29(16-14-28)26(34)35-6-2)20(24(30)32)17-22-25(33)31(27(36)37-22)12-11-18(3)4/h7-10,17-18H,5-6,11-16H2,1-4H3. The molecule has 1 aromatic carbocycles. The molecule has 0 bridgehead atoms. The molecule has 1 aromatic heterocycles. The number of para-hydroxylation sites is 1. The van der Waals surface area contributed by atoms with Crippen LogP contribution in [-0.4, -0.2) is 70.0 Å². The average molecular weight is 543 g/mol. The SMILES string of the molecule is CCOC(=O)N1CCN(c2c(C=C3SC(=S)N(CCC(C)C)C3=O)c(=O)n(CC)c3ccccc23)CC1. The van der Waals surface area contributed by atoms with Crippen LogP contribution in [-0.2, 0) is 16.1 Å². The van der Waals surface area contributed by atoms with Crippen LogP contribution in [0.5, 0.6) is 0 Å². The molecule has 37 heavy (non-hydrogen) atoms. The molecule has 2 aliphatic heterocycles. The first-order valence-corrected chi connectivity index (χ1v) is 14.1. The van der Waals surface area contributed by atoms with Gasteiger partial charge in [-0.2, -0.15) is 0 Å². The molecule has 2 saturated heterocycles. The van der Waals surface area contributed by atoms with E-state index in [1.54, 1.807) is 27.4 Å². The quantitative estimate of drug-likeness (QED) is 0.375. The zero-order valence-electron chi connectivity index (χ0n) is 21.9. The Hall–Kier alpha value is -2.85. The normalized spacial score (nSPS) is 17.5. The molecule has 0 N–H and O–H groups in total. The van der Waals surface area contributed by atoms with Crippen molar-refractivity contribution in [3.05, 3.63) is 45.1 Å². The molecule has 10 heteroatoms. The van der Waals surface area contributed by atoms with E-state index in [0.717, 1.165) is 23.0 Å². The van der Waals surface area contributed by atoms with Gasteiger partial charge in [-0.25, -0.2) is 4.79 Å². The number of benzene rings is 1. The number of thioether (sulfide) groups is 1. The van der Waals surface area contributed by atoms with E-state index in [1.165, 1.54) is 11.8 Å². The molecule has 8 nitrogen and oxygen atoms in total. The van der Waals surface area contributed by atoms with Crippen molar-refractivity contribution < 1.29 is 14.3 Å². The summed E-state index contributed by atoms with van der Waals surface area (Å²) >= 11 is 6.78. The first-order chi connectivity index (χ1) is 17.8. The summed E-state index contributed by atoms with van der Waals surface area (Å²) in [5, 5.41) is 0.940. The van der Waals surface area contributed by atoms with E-state index in [1.807, 2.05) is 31.2 Å². The average Bonchev–Trinajstić information content (AvgIpc) is 3.15. The predicted molar refractivity (Wildman–Crippen MR) is 154 cm³/mol. The van der Waals surface area contributed by atoms with Gasteiger partial charge in [-0.3, -0.25) is 14.5 Å². The fourth-order valence-electron chi connectivity index (χ4n) is 4.73. The van der Waals surface area contributed by atoms with Crippen LogP contribution in [0, 0.1) is 5.92 Å². The van der Waals surface area contributed by atoms with Gasteiger partial charge in [-0.15, -0.1) is 0 Å². The van der Waals surface area contributed by atoms with Crippen molar-refractivity contribution in [2.75, 3.05) is 44.2 Å². The van der Waals surface area contributed by atoms with Crippen LogP contribution in [0.1, 0.15) is 39.7 Å². The molecule has 0 atom stereocenters. The highest BCUT2D eigenvalue weighted by Gasteiger charge is 2.33. The number of nitrogens with zero attached hydrogens (tertiary/aromatic N) is 4. The molecule has 2 fully saturated rings. The Bertz CT molecular complexity index is 1300. The molecule has 0 spiro atoms. The molecule has 198 valence electrons. The van der Waals surface area contributed by atoms with Gasteiger partial charge in [0.15, 0.2) is 0 Å². The van der Waals surface area contributed by atoms with Gasteiger partial charge in [0, 0.05) is 44.7 Å². The number of pyridine rings is 1. The van der Waals surface area contributed by atoms with Gasteiger partial charge in [0.2, 0.25) is 0 Å². The highest BCUT2D eigenvalue weighted by molar-refractivity contribution is 8.26. The van der Waals surface area contributed by atoms with Crippen LogP contribution in [0.4, 0.5) is 10.5 Å². The maximum absolute atomic E-state index is 13.8. The Morgan fingerprint density at radius 1 is 1.14 bits per heavy atom. The van der Waals surface area contributed by atoms with Gasteiger partial charge in [0.05, 0.1) is 28.3 Å². The second-order valence-electron chi connectivity index (χ2n) is 9.52. The molecule has 0 aliphatic carbocycles. The van der Waals surface area contributed by atoms with Crippen molar-refractivity contribution in [2.24, 2.45) is 5.92 Å². The molecule has 0 unspecified atom stereocenters. The summed E-state index contributed by atoms with van der Waals surface area (Å²) in [5.74, 6) is 0.301. The number of hydrogen-bond acceptors (Lipinski definition) is 7. The number of rotatable bonds is 7. The number of ether oxygens (including phenoxy) is 1. The predicted octanol–water partition coefficient (Wildman–Crippen LogP) is 4.55. The molecule has 4 rings (SSSR count). The highest BCUT2D eigenvalue weighted by atomic mass is 32.2. The van der Waals surface area contributed by atoms with E-state index in [-0.39, 0.29) is 17.6 Å². The molecular formula is C27H34N4O4S2. The van der Waals surface area contributed by atoms with E-state index in [0.29, 0.717) is 66.6 Å². The Morgan fingerprint density at radius 2 is 1.84 bits per heavy atom. The largest absolute Gasteiger partial charge is 0.450 e. The molecule has 0 radical (unpaired) electrons. The number of carbonyl (C=O) groups is 2. The van der Waals surface area contributed by atoms with Gasteiger partial charge in [0.1, 0.15) is 4.32 Å². The Balaban J connectivity index is 1.78. The number of anilines is 1. The number of aromatic nitrogens is 1. The third-order valence-corrected chi connectivity index (χ3v) is 8.08. The van der Waals surface area contributed by atoms with E-state index in [9.17, 15) is 14.4 Å². The zero-order chi connectivity index (χ0) is 26.7. The number of carbonyl (C=O) groups excluding carboxylic acids is 2. The van der Waals surface area contributed by atoms with Gasteiger partial charge in [0.25, 0.3) is 11.5 Å². The van der Waals surface area contributed by atoms with E-state index in [2.05, 4.69) is 18.7 Å². The van der Waals surface area contributed by atoms with Crippen molar-refractivity contribution in [1.82, 2.24) is 14.4 Å². The van der Waals surface area contributed by atoms with Crippen LogP contribution in [0.25, 0.3) is 17.0 Å². The topological polar surface area (TPSA) is 75.1 Å². The zero-order valence-corrected chi connectivity index (χ0v) is 23.5. The smallest absolute Gasteiger partial charge is 0.409 e. The number of hydrogen-bond donors (Lipinski definition) is 0. The third-order valence-electron chi connectivity index (χ3n) is 6.70. The van der Waals surface area contributed by atoms with Crippen LogP contribution in [0.3, 0.4) is 0 Å².